The first-order valence-electron chi connectivity index (χ1n) is 7.69. The molecule has 116 valence electrons. The van der Waals surface area contributed by atoms with Crippen molar-refractivity contribution in [2.24, 2.45) is 5.41 Å². The van der Waals surface area contributed by atoms with Crippen molar-refractivity contribution in [3.63, 3.8) is 0 Å². The molecule has 0 radical (unpaired) electrons. The highest BCUT2D eigenvalue weighted by Gasteiger charge is 2.39. The number of carbonyl (C=O) groups excluding carboxylic acids is 1. The van der Waals surface area contributed by atoms with Gasteiger partial charge in [-0.25, -0.2) is 0 Å². The van der Waals surface area contributed by atoms with E-state index in [4.69, 9.17) is 4.74 Å². The van der Waals surface area contributed by atoms with Crippen LogP contribution in [0.2, 0.25) is 0 Å². The van der Waals surface area contributed by atoms with Crippen molar-refractivity contribution in [1.29, 1.82) is 0 Å². The molecule has 1 amide bonds. The molecule has 1 aromatic rings. The molecular formula is C15H22IN3O2. The summed E-state index contributed by atoms with van der Waals surface area (Å²) in [5.74, 6) is 0.0601. The molecule has 1 saturated heterocycles. The van der Waals surface area contributed by atoms with E-state index in [1.54, 1.807) is 0 Å². The predicted molar refractivity (Wildman–Crippen MR) is 89.0 cm³/mol. The molecule has 1 spiro atoms. The fraction of sp³-hybridized carbons (Fsp3) is 0.733. The summed E-state index contributed by atoms with van der Waals surface area (Å²) in [7, 11) is 0. The van der Waals surface area contributed by atoms with Crippen molar-refractivity contribution < 1.29 is 9.53 Å². The normalized spacial score (nSPS) is 21.0. The number of nitrogens with zero attached hydrogens (tertiary/aromatic N) is 2. The van der Waals surface area contributed by atoms with Gasteiger partial charge < -0.3 is 10.1 Å². The quantitative estimate of drug-likeness (QED) is 0.620. The Balaban J connectivity index is 2.03. The van der Waals surface area contributed by atoms with Crippen LogP contribution in [0.1, 0.15) is 41.5 Å². The molecule has 3 heterocycles. The van der Waals surface area contributed by atoms with E-state index in [2.05, 4.69) is 44.6 Å². The van der Waals surface area contributed by atoms with E-state index in [9.17, 15) is 4.79 Å². The van der Waals surface area contributed by atoms with Gasteiger partial charge in [-0.05, 0) is 31.1 Å². The Hall–Kier alpha value is -0.630. The second-order valence-electron chi connectivity index (χ2n) is 6.01. The van der Waals surface area contributed by atoms with Gasteiger partial charge in [0.1, 0.15) is 0 Å². The van der Waals surface area contributed by atoms with E-state index in [0.29, 0.717) is 0 Å². The second-order valence-corrected chi connectivity index (χ2v) is 7.08. The van der Waals surface area contributed by atoms with Gasteiger partial charge in [-0.2, -0.15) is 5.10 Å². The number of fused-ring (bicyclic) bond motifs is 1. The Labute approximate surface area is 138 Å². The Kier molecular flexibility index (Phi) is 4.54. The Bertz CT molecular complexity index is 535. The maximum atomic E-state index is 12.5. The first kappa shape index (κ1) is 15.3. The molecule has 0 saturated carbocycles. The minimum atomic E-state index is 0.0601. The number of amides is 1. The van der Waals surface area contributed by atoms with E-state index in [1.165, 1.54) is 0 Å². The smallest absolute Gasteiger partial charge is 0.255 e. The van der Waals surface area contributed by atoms with Crippen LogP contribution in [0.4, 0.5) is 0 Å². The molecule has 1 aromatic heterocycles. The van der Waals surface area contributed by atoms with Gasteiger partial charge in [-0.15, -0.1) is 0 Å². The van der Waals surface area contributed by atoms with Crippen molar-refractivity contribution in [1.82, 2.24) is 15.1 Å². The van der Waals surface area contributed by atoms with Crippen LogP contribution in [0.5, 0.6) is 0 Å². The molecule has 1 fully saturated rings. The van der Waals surface area contributed by atoms with E-state index in [-0.39, 0.29) is 11.3 Å². The van der Waals surface area contributed by atoms with E-state index in [0.717, 1.165) is 73.4 Å². The molecule has 0 aliphatic carbocycles. The van der Waals surface area contributed by atoms with Crippen LogP contribution in [0.3, 0.4) is 0 Å². The summed E-state index contributed by atoms with van der Waals surface area (Å²) >= 11 is 2.37. The molecule has 5 nitrogen and oxygen atoms in total. The molecule has 0 unspecified atom stereocenters. The van der Waals surface area contributed by atoms with Gasteiger partial charge in [0.15, 0.2) is 0 Å². The molecule has 0 atom stereocenters. The standard InChI is InChI=1S/C15H22IN3O2/c1-2-11-13-12(19(18-11)6-5-16)9-15(10-17-14(13)20)3-7-21-8-4-15/h2-10H2,1H3,(H,17,20). The van der Waals surface area contributed by atoms with Gasteiger partial charge >= 0.3 is 0 Å². The lowest BCUT2D eigenvalue weighted by Gasteiger charge is -2.36. The zero-order valence-electron chi connectivity index (χ0n) is 12.5. The molecule has 2 aliphatic heterocycles. The predicted octanol–water partition coefficient (Wildman–Crippen LogP) is 1.96. The highest BCUT2D eigenvalue weighted by molar-refractivity contribution is 14.1. The Morgan fingerprint density at radius 1 is 1.43 bits per heavy atom. The zero-order chi connectivity index (χ0) is 14.9. The number of ether oxygens (including phenoxy) is 1. The van der Waals surface area contributed by atoms with E-state index >= 15 is 0 Å². The number of aromatic nitrogens is 2. The molecule has 0 bridgehead atoms. The fourth-order valence-corrected chi connectivity index (χ4v) is 3.89. The van der Waals surface area contributed by atoms with Crippen LogP contribution < -0.4 is 5.32 Å². The summed E-state index contributed by atoms with van der Waals surface area (Å²) in [6, 6.07) is 0. The van der Waals surface area contributed by atoms with Crippen molar-refractivity contribution in [2.75, 3.05) is 24.2 Å². The van der Waals surface area contributed by atoms with Gasteiger partial charge in [0.2, 0.25) is 0 Å². The first-order valence-corrected chi connectivity index (χ1v) is 9.22. The maximum Gasteiger partial charge on any atom is 0.255 e. The molecule has 0 aromatic carbocycles. The average molecular weight is 403 g/mol. The Morgan fingerprint density at radius 3 is 2.86 bits per heavy atom. The monoisotopic (exact) mass is 403 g/mol. The summed E-state index contributed by atoms with van der Waals surface area (Å²) < 4.78 is 8.60. The maximum absolute atomic E-state index is 12.5. The van der Waals surface area contributed by atoms with Crippen LogP contribution >= 0.6 is 22.6 Å². The molecule has 3 rings (SSSR count). The third kappa shape index (κ3) is 2.84. The summed E-state index contributed by atoms with van der Waals surface area (Å²) in [5.41, 5.74) is 3.07. The van der Waals surface area contributed by atoms with Crippen LogP contribution in [-0.2, 0) is 24.1 Å². The molecule has 2 aliphatic rings. The van der Waals surface area contributed by atoms with Gasteiger partial charge in [0, 0.05) is 24.2 Å². The number of rotatable bonds is 3. The van der Waals surface area contributed by atoms with Crippen LogP contribution in [0.25, 0.3) is 0 Å². The summed E-state index contributed by atoms with van der Waals surface area (Å²) in [4.78, 5) is 12.5. The lowest BCUT2D eigenvalue weighted by atomic mass is 9.76. The van der Waals surface area contributed by atoms with E-state index in [1.807, 2.05) is 0 Å². The largest absolute Gasteiger partial charge is 0.381 e. The SMILES string of the molecule is CCc1nn(CCI)c2c1C(=O)NCC1(CCOCC1)C2. The molecular weight excluding hydrogens is 381 g/mol. The number of halogens is 1. The van der Waals surface area contributed by atoms with Crippen LogP contribution in [-0.4, -0.2) is 39.9 Å². The van der Waals surface area contributed by atoms with Crippen LogP contribution in [0, 0.1) is 5.41 Å². The zero-order valence-corrected chi connectivity index (χ0v) is 14.6. The van der Waals surface area contributed by atoms with Crippen molar-refractivity contribution in [2.45, 2.75) is 39.2 Å². The number of hydrogen-bond donors (Lipinski definition) is 1. The summed E-state index contributed by atoms with van der Waals surface area (Å²) in [6.07, 6.45) is 3.78. The van der Waals surface area contributed by atoms with Gasteiger partial charge in [0.25, 0.3) is 5.91 Å². The lowest BCUT2D eigenvalue weighted by molar-refractivity contribution is 0.0153. The van der Waals surface area contributed by atoms with Gasteiger partial charge in [-0.3, -0.25) is 9.48 Å². The number of nitrogens with one attached hydrogen (secondary N) is 1. The third-order valence-corrected chi connectivity index (χ3v) is 5.19. The number of carbonyl (C=O) groups is 1. The first-order chi connectivity index (χ1) is 10.2. The lowest BCUT2D eigenvalue weighted by Crippen LogP contribution is -2.40. The van der Waals surface area contributed by atoms with E-state index < -0.39 is 0 Å². The topological polar surface area (TPSA) is 56.2 Å². The fourth-order valence-electron chi connectivity index (χ4n) is 3.44. The van der Waals surface area contributed by atoms with Gasteiger partial charge in [-0.1, -0.05) is 29.5 Å². The Morgan fingerprint density at radius 2 is 2.19 bits per heavy atom. The second kappa shape index (κ2) is 6.24. The van der Waals surface area contributed by atoms with Gasteiger partial charge in [0.05, 0.1) is 23.5 Å². The van der Waals surface area contributed by atoms with Crippen molar-refractivity contribution in [3.8, 4) is 0 Å². The average Bonchev–Trinajstić information content (AvgIpc) is 2.77. The molecule has 6 heteroatoms. The van der Waals surface area contributed by atoms with Crippen molar-refractivity contribution in [3.05, 3.63) is 17.0 Å². The summed E-state index contributed by atoms with van der Waals surface area (Å²) in [5, 5.41) is 7.83. The number of alkyl halides is 1. The minimum absolute atomic E-state index is 0.0601. The number of aryl methyl sites for hydroxylation is 2. The third-order valence-electron chi connectivity index (χ3n) is 4.71. The highest BCUT2D eigenvalue weighted by Crippen LogP contribution is 2.37. The highest BCUT2D eigenvalue weighted by atomic mass is 127. The summed E-state index contributed by atoms with van der Waals surface area (Å²) in [6.45, 7) is 5.30. The van der Waals surface area contributed by atoms with Crippen LogP contribution in [0.15, 0.2) is 0 Å². The number of hydrogen-bond acceptors (Lipinski definition) is 3. The minimum Gasteiger partial charge on any atom is -0.381 e. The molecule has 21 heavy (non-hydrogen) atoms. The molecule has 1 N–H and O–H groups in total. The van der Waals surface area contributed by atoms with Crippen molar-refractivity contribution >= 4 is 28.5 Å².